The monoisotopic (exact) mass is 172 g/mol. The topological polar surface area (TPSA) is 9.23 Å². The zero-order chi connectivity index (χ0) is 9.23. The summed E-state index contributed by atoms with van der Waals surface area (Å²) in [4.78, 5) is 0. The first kappa shape index (κ1) is 12.0. The highest BCUT2D eigenvalue weighted by Gasteiger charge is 1.96. The van der Waals surface area contributed by atoms with E-state index in [4.69, 9.17) is 4.74 Å². The zero-order valence-electron chi connectivity index (χ0n) is 8.94. The molecule has 0 aliphatic rings. The van der Waals surface area contributed by atoms with Crippen LogP contribution in [0.3, 0.4) is 0 Å². The molecule has 0 aliphatic heterocycles. The first-order valence-corrected chi connectivity index (χ1v) is 5.42. The van der Waals surface area contributed by atoms with Crippen molar-refractivity contribution in [1.29, 1.82) is 0 Å². The maximum atomic E-state index is 5.57. The van der Waals surface area contributed by atoms with E-state index in [1.807, 2.05) is 0 Å². The Balaban J connectivity index is 2.90. The Labute approximate surface area is 77.5 Å². The fraction of sp³-hybridized carbons (Fsp3) is 1.00. The smallest absolute Gasteiger partial charge is 0.0544 e. The van der Waals surface area contributed by atoms with E-state index in [9.17, 15) is 0 Å². The molecule has 74 valence electrons. The first-order valence-electron chi connectivity index (χ1n) is 5.42. The van der Waals surface area contributed by atoms with Gasteiger partial charge in [0.15, 0.2) is 0 Å². The van der Waals surface area contributed by atoms with E-state index in [0.29, 0.717) is 6.10 Å². The largest absolute Gasteiger partial charge is 0.379 e. The molecule has 0 rings (SSSR count). The Hall–Kier alpha value is -0.0400. The summed E-state index contributed by atoms with van der Waals surface area (Å²) >= 11 is 0. The molecular weight excluding hydrogens is 148 g/mol. The van der Waals surface area contributed by atoms with E-state index < -0.39 is 0 Å². The molecule has 0 amide bonds. The predicted octanol–water partition coefficient (Wildman–Crippen LogP) is 3.77. The van der Waals surface area contributed by atoms with Crippen LogP contribution in [0.2, 0.25) is 0 Å². The van der Waals surface area contributed by atoms with E-state index >= 15 is 0 Å². The van der Waals surface area contributed by atoms with Gasteiger partial charge >= 0.3 is 0 Å². The Bertz CT molecular complexity index is 81.1. The van der Waals surface area contributed by atoms with Crippen LogP contribution in [0.5, 0.6) is 0 Å². The fourth-order valence-electron chi connectivity index (χ4n) is 1.11. The highest BCUT2D eigenvalue weighted by atomic mass is 16.5. The lowest BCUT2D eigenvalue weighted by Crippen LogP contribution is -2.07. The van der Waals surface area contributed by atoms with Gasteiger partial charge in [-0.2, -0.15) is 0 Å². The summed E-state index contributed by atoms with van der Waals surface area (Å²) in [6, 6.07) is 0. The van der Waals surface area contributed by atoms with Gasteiger partial charge in [-0.05, 0) is 19.8 Å². The van der Waals surface area contributed by atoms with Crippen LogP contribution in [0.1, 0.15) is 59.3 Å². The molecule has 1 atom stereocenters. The van der Waals surface area contributed by atoms with Crippen LogP contribution in [0.25, 0.3) is 0 Å². The molecule has 0 aromatic heterocycles. The van der Waals surface area contributed by atoms with Crippen LogP contribution in [0.15, 0.2) is 0 Å². The summed E-state index contributed by atoms with van der Waals surface area (Å²) in [6.07, 6.45) is 8.25. The first-order chi connectivity index (χ1) is 5.81. The van der Waals surface area contributed by atoms with E-state index in [1.54, 1.807) is 0 Å². The molecule has 0 aromatic carbocycles. The van der Waals surface area contributed by atoms with E-state index in [1.165, 1.54) is 32.1 Å². The average Bonchev–Trinajstić information content (AvgIpc) is 2.10. The van der Waals surface area contributed by atoms with Crippen molar-refractivity contribution in [3.63, 3.8) is 0 Å². The quantitative estimate of drug-likeness (QED) is 0.506. The summed E-state index contributed by atoms with van der Waals surface area (Å²) in [7, 11) is 0. The third-order valence-electron chi connectivity index (χ3n) is 2.23. The van der Waals surface area contributed by atoms with E-state index in [0.717, 1.165) is 13.0 Å². The Morgan fingerprint density at radius 1 is 1.00 bits per heavy atom. The van der Waals surface area contributed by atoms with Gasteiger partial charge in [-0.3, -0.25) is 0 Å². The van der Waals surface area contributed by atoms with Crippen molar-refractivity contribution >= 4 is 0 Å². The normalized spacial score (nSPS) is 13.2. The highest BCUT2D eigenvalue weighted by molar-refractivity contribution is 4.46. The van der Waals surface area contributed by atoms with Crippen molar-refractivity contribution in [3.8, 4) is 0 Å². The van der Waals surface area contributed by atoms with Crippen molar-refractivity contribution in [2.24, 2.45) is 0 Å². The molecule has 12 heavy (non-hydrogen) atoms. The fourth-order valence-corrected chi connectivity index (χ4v) is 1.11. The second kappa shape index (κ2) is 9.05. The van der Waals surface area contributed by atoms with Crippen LogP contribution in [-0.2, 0) is 4.74 Å². The van der Waals surface area contributed by atoms with Gasteiger partial charge in [-0.25, -0.2) is 0 Å². The minimum atomic E-state index is 0.455. The molecule has 0 spiro atoms. The molecular formula is C11H24O. The molecule has 0 heterocycles. The van der Waals surface area contributed by atoms with Gasteiger partial charge in [0.05, 0.1) is 6.10 Å². The molecule has 0 saturated carbocycles. The number of hydrogen-bond acceptors (Lipinski definition) is 1. The van der Waals surface area contributed by atoms with Crippen molar-refractivity contribution in [1.82, 2.24) is 0 Å². The standard InChI is InChI=1S/C11H24O/c1-4-6-7-8-9-10-12-11(3)5-2/h11H,4-10H2,1-3H3/t11-/m0/s1. The second-order valence-electron chi connectivity index (χ2n) is 3.50. The number of hydrogen-bond donors (Lipinski definition) is 0. The van der Waals surface area contributed by atoms with E-state index in [-0.39, 0.29) is 0 Å². The van der Waals surface area contributed by atoms with Crippen LogP contribution in [0, 0.1) is 0 Å². The number of unbranched alkanes of at least 4 members (excludes halogenated alkanes) is 4. The molecule has 0 aromatic rings. The van der Waals surface area contributed by atoms with Gasteiger partial charge in [0.25, 0.3) is 0 Å². The van der Waals surface area contributed by atoms with Gasteiger partial charge in [0.1, 0.15) is 0 Å². The maximum Gasteiger partial charge on any atom is 0.0544 e. The molecule has 0 saturated heterocycles. The van der Waals surface area contributed by atoms with Crippen molar-refractivity contribution in [2.75, 3.05) is 6.61 Å². The third kappa shape index (κ3) is 8.06. The summed E-state index contributed by atoms with van der Waals surface area (Å²) in [5, 5.41) is 0. The second-order valence-corrected chi connectivity index (χ2v) is 3.50. The van der Waals surface area contributed by atoms with Crippen molar-refractivity contribution in [2.45, 2.75) is 65.4 Å². The number of rotatable bonds is 8. The summed E-state index contributed by atoms with van der Waals surface area (Å²) < 4.78 is 5.57. The van der Waals surface area contributed by atoms with Crippen LogP contribution in [-0.4, -0.2) is 12.7 Å². The minimum Gasteiger partial charge on any atom is -0.379 e. The van der Waals surface area contributed by atoms with Crippen molar-refractivity contribution < 1.29 is 4.74 Å². The molecule has 1 heteroatoms. The van der Waals surface area contributed by atoms with Gasteiger partial charge in [-0.1, -0.05) is 39.5 Å². The summed E-state index contributed by atoms with van der Waals surface area (Å²) in [5.41, 5.74) is 0. The molecule has 0 fully saturated rings. The maximum absolute atomic E-state index is 5.57. The highest BCUT2D eigenvalue weighted by Crippen LogP contribution is 2.04. The van der Waals surface area contributed by atoms with Crippen LogP contribution < -0.4 is 0 Å². The van der Waals surface area contributed by atoms with E-state index in [2.05, 4.69) is 20.8 Å². The molecule has 0 radical (unpaired) electrons. The summed E-state index contributed by atoms with van der Waals surface area (Å²) in [5.74, 6) is 0. The average molecular weight is 172 g/mol. The Kier molecular flexibility index (Phi) is 9.02. The third-order valence-corrected chi connectivity index (χ3v) is 2.23. The minimum absolute atomic E-state index is 0.455. The molecule has 1 nitrogen and oxygen atoms in total. The molecule has 0 bridgehead atoms. The summed E-state index contributed by atoms with van der Waals surface area (Å²) in [6.45, 7) is 7.52. The molecule has 0 aliphatic carbocycles. The van der Waals surface area contributed by atoms with Crippen LogP contribution in [0.4, 0.5) is 0 Å². The lowest BCUT2D eigenvalue weighted by molar-refractivity contribution is 0.0608. The van der Waals surface area contributed by atoms with Crippen molar-refractivity contribution in [3.05, 3.63) is 0 Å². The lowest BCUT2D eigenvalue weighted by Gasteiger charge is -2.09. The van der Waals surface area contributed by atoms with Crippen LogP contribution >= 0.6 is 0 Å². The lowest BCUT2D eigenvalue weighted by atomic mass is 10.2. The Morgan fingerprint density at radius 2 is 1.67 bits per heavy atom. The SMILES string of the molecule is CCCCCCCO[C@@H](C)CC. The predicted molar refractivity (Wildman–Crippen MR) is 54.5 cm³/mol. The Morgan fingerprint density at radius 3 is 2.25 bits per heavy atom. The zero-order valence-corrected chi connectivity index (χ0v) is 8.94. The number of ether oxygens (including phenoxy) is 1. The van der Waals surface area contributed by atoms with Gasteiger partial charge in [-0.15, -0.1) is 0 Å². The van der Waals surface area contributed by atoms with Gasteiger partial charge in [0, 0.05) is 6.61 Å². The molecule has 0 N–H and O–H groups in total. The van der Waals surface area contributed by atoms with Gasteiger partial charge < -0.3 is 4.74 Å². The molecule has 0 unspecified atom stereocenters. The van der Waals surface area contributed by atoms with Gasteiger partial charge in [0.2, 0.25) is 0 Å².